The molecule has 0 saturated carbocycles. The second-order valence-corrected chi connectivity index (χ2v) is 6.67. The van der Waals surface area contributed by atoms with E-state index in [9.17, 15) is 4.79 Å². The molecule has 0 radical (unpaired) electrons. The van der Waals surface area contributed by atoms with Crippen molar-refractivity contribution in [3.8, 4) is 0 Å². The minimum Gasteiger partial charge on any atom is -0.357 e. The van der Waals surface area contributed by atoms with Gasteiger partial charge in [-0.2, -0.15) is 0 Å². The number of carbonyl (C=O) groups excluding carboxylic acids is 1. The zero-order valence-electron chi connectivity index (χ0n) is 13.2. The molecule has 23 heavy (non-hydrogen) atoms. The van der Waals surface area contributed by atoms with Gasteiger partial charge in [-0.3, -0.25) is 0 Å². The predicted octanol–water partition coefficient (Wildman–Crippen LogP) is 2.45. The molecule has 2 aromatic rings. The van der Waals surface area contributed by atoms with Gasteiger partial charge in [0, 0.05) is 31.2 Å². The first-order valence-electron chi connectivity index (χ1n) is 7.83. The molecule has 2 N–H and O–H groups in total. The van der Waals surface area contributed by atoms with Crippen molar-refractivity contribution in [2.24, 2.45) is 0 Å². The van der Waals surface area contributed by atoms with E-state index < -0.39 is 0 Å². The summed E-state index contributed by atoms with van der Waals surface area (Å²) >= 11 is 1.59. The maximum atomic E-state index is 11.9. The van der Waals surface area contributed by atoms with Crippen LogP contribution in [0, 0.1) is 6.92 Å². The smallest absolute Gasteiger partial charge is 0.315 e. The average Bonchev–Trinajstić information content (AvgIpc) is 3.23. The lowest BCUT2D eigenvalue weighted by atomic mass is 10.2. The van der Waals surface area contributed by atoms with Crippen LogP contribution in [0.15, 0.2) is 23.7 Å². The molecule has 0 aliphatic carbocycles. The van der Waals surface area contributed by atoms with Crippen molar-refractivity contribution in [3.63, 3.8) is 0 Å². The lowest BCUT2D eigenvalue weighted by Crippen LogP contribution is -2.34. The normalized spacial score (nSPS) is 14.0. The second kappa shape index (κ2) is 7.41. The number of aryl methyl sites for hydroxylation is 1. The molecule has 1 fully saturated rings. The molecule has 0 atom stereocenters. The maximum absolute atomic E-state index is 11.9. The molecule has 1 aliphatic heterocycles. The van der Waals surface area contributed by atoms with Gasteiger partial charge in [0.15, 0.2) is 0 Å². The Balaban J connectivity index is 1.47. The number of carbonyl (C=O) groups is 1. The summed E-state index contributed by atoms with van der Waals surface area (Å²) in [6.45, 7) is 5.03. The molecule has 0 unspecified atom stereocenters. The first kappa shape index (κ1) is 15.7. The molecular formula is C16H21N5OS. The molecule has 1 saturated heterocycles. The van der Waals surface area contributed by atoms with Crippen molar-refractivity contribution in [2.45, 2.75) is 32.9 Å². The first-order valence-corrected chi connectivity index (χ1v) is 8.71. The fourth-order valence-corrected chi connectivity index (χ4v) is 3.21. The summed E-state index contributed by atoms with van der Waals surface area (Å²) in [6, 6.07) is 3.80. The summed E-state index contributed by atoms with van der Waals surface area (Å²) in [7, 11) is 0. The Morgan fingerprint density at radius 2 is 2.09 bits per heavy atom. The van der Waals surface area contributed by atoms with E-state index in [1.165, 1.54) is 12.8 Å². The van der Waals surface area contributed by atoms with Crippen molar-refractivity contribution < 1.29 is 4.79 Å². The highest BCUT2D eigenvalue weighted by Gasteiger charge is 2.13. The minimum absolute atomic E-state index is 0.185. The molecule has 0 spiro atoms. The van der Waals surface area contributed by atoms with Crippen molar-refractivity contribution in [3.05, 3.63) is 40.0 Å². The summed E-state index contributed by atoms with van der Waals surface area (Å²) in [5.41, 5.74) is 1.95. The monoisotopic (exact) mass is 331 g/mol. The number of nitrogens with zero attached hydrogens (tertiary/aromatic N) is 3. The third kappa shape index (κ3) is 4.41. The minimum atomic E-state index is -0.185. The summed E-state index contributed by atoms with van der Waals surface area (Å²) < 4.78 is 0. The van der Waals surface area contributed by atoms with E-state index in [-0.39, 0.29) is 6.03 Å². The van der Waals surface area contributed by atoms with E-state index in [1.807, 2.05) is 18.4 Å². The Labute approximate surface area is 140 Å². The van der Waals surface area contributed by atoms with Gasteiger partial charge in [-0.1, -0.05) is 0 Å². The summed E-state index contributed by atoms with van der Waals surface area (Å²) in [4.78, 5) is 22.9. The van der Waals surface area contributed by atoms with E-state index >= 15 is 0 Å². The van der Waals surface area contributed by atoms with Crippen molar-refractivity contribution >= 4 is 23.2 Å². The standard InChI is InChI=1S/C16H21N5OS/c1-12-20-14(11-23-12)10-19-16(22)18-9-13-4-5-17-15(8-13)21-6-2-3-7-21/h4-5,8,11H,2-3,6-7,9-10H2,1H3,(H2,18,19,22). The van der Waals surface area contributed by atoms with Gasteiger partial charge in [0.1, 0.15) is 5.82 Å². The van der Waals surface area contributed by atoms with E-state index in [0.29, 0.717) is 13.1 Å². The quantitative estimate of drug-likeness (QED) is 0.883. The van der Waals surface area contributed by atoms with Gasteiger partial charge in [-0.05, 0) is 37.5 Å². The lowest BCUT2D eigenvalue weighted by molar-refractivity contribution is 0.240. The Morgan fingerprint density at radius 1 is 1.30 bits per heavy atom. The van der Waals surface area contributed by atoms with Crippen LogP contribution in [0.3, 0.4) is 0 Å². The van der Waals surface area contributed by atoms with Gasteiger partial charge in [0.2, 0.25) is 0 Å². The van der Waals surface area contributed by atoms with Crippen LogP contribution in [0.5, 0.6) is 0 Å². The zero-order chi connectivity index (χ0) is 16.1. The third-order valence-electron chi connectivity index (χ3n) is 3.79. The Hall–Kier alpha value is -2.15. The Bertz CT molecular complexity index is 666. The van der Waals surface area contributed by atoms with Crippen LogP contribution in [-0.4, -0.2) is 29.1 Å². The number of hydrogen-bond donors (Lipinski definition) is 2. The van der Waals surface area contributed by atoms with E-state index in [2.05, 4.69) is 31.6 Å². The number of pyridine rings is 1. The molecular weight excluding hydrogens is 310 g/mol. The molecule has 0 bridgehead atoms. The van der Waals surface area contributed by atoms with Crippen LogP contribution in [-0.2, 0) is 13.1 Å². The molecule has 2 amide bonds. The van der Waals surface area contributed by atoms with E-state index in [4.69, 9.17) is 0 Å². The fourth-order valence-electron chi connectivity index (χ4n) is 2.59. The van der Waals surface area contributed by atoms with E-state index in [1.54, 1.807) is 17.5 Å². The number of nitrogens with one attached hydrogen (secondary N) is 2. The van der Waals surface area contributed by atoms with Crippen molar-refractivity contribution in [1.82, 2.24) is 20.6 Å². The topological polar surface area (TPSA) is 70.1 Å². The fraction of sp³-hybridized carbons (Fsp3) is 0.438. The summed E-state index contributed by atoms with van der Waals surface area (Å²) in [5.74, 6) is 1.00. The van der Waals surface area contributed by atoms with Crippen LogP contribution >= 0.6 is 11.3 Å². The van der Waals surface area contributed by atoms with Crippen LogP contribution < -0.4 is 15.5 Å². The Kier molecular flexibility index (Phi) is 5.07. The summed E-state index contributed by atoms with van der Waals surface area (Å²) in [6.07, 6.45) is 4.26. The SMILES string of the molecule is Cc1nc(CNC(=O)NCc2ccnc(N3CCCC3)c2)cs1. The molecule has 122 valence electrons. The third-order valence-corrected chi connectivity index (χ3v) is 4.61. The summed E-state index contributed by atoms with van der Waals surface area (Å²) in [5, 5.41) is 8.66. The zero-order valence-corrected chi connectivity index (χ0v) is 14.0. The molecule has 6 nitrogen and oxygen atoms in total. The number of urea groups is 1. The number of anilines is 1. The molecule has 7 heteroatoms. The molecule has 3 rings (SSSR count). The van der Waals surface area contributed by atoms with Crippen molar-refractivity contribution in [2.75, 3.05) is 18.0 Å². The lowest BCUT2D eigenvalue weighted by Gasteiger charge is -2.17. The van der Waals surface area contributed by atoms with Gasteiger partial charge in [-0.15, -0.1) is 11.3 Å². The first-order chi connectivity index (χ1) is 11.2. The maximum Gasteiger partial charge on any atom is 0.315 e. The average molecular weight is 331 g/mol. The molecule has 2 aromatic heterocycles. The number of rotatable bonds is 5. The number of amides is 2. The van der Waals surface area contributed by atoms with Gasteiger partial charge in [0.25, 0.3) is 0 Å². The van der Waals surface area contributed by atoms with Gasteiger partial charge < -0.3 is 15.5 Å². The van der Waals surface area contributed by atoms with Crippen LogP contribution in [0.1, 0.15) is 29.1 Å². The van der Waals surface area contributed by atoms with Crippen LogP contribution in [0.2, 0.25) is 0 Å². The van der Waals surface area contributed by atoms with Crippen molar-refractivity contribution in [1.29, 1.82) is 0 Å². The van der Waals surface area contributed by atoms with Gasteiger partial charge >= 0.3 is 6.03 Å². The highest BCUT2D eigenvalue weighted by Crippen LogP contribution is 2.18. The van der Waals surface area contributed by atoms with Gasteiger partial charge in [0.05, 0.1) is 17.2 Å². The van der Waals surface area contributed by atoms with Crippen LogP contribution in [0.4, 0.5) is 10.6 Å². The molecule has 1 aliphatic rings. The highest BCUT2D eigenvalue weighted by molar-refractivity contribution is 7.09. The Morgan fingerprint density at radius 3 is 2.83 bits per heavy atom. The molecule has 3 heterocycles. The van der Waals surface area contributed by atoms with Gasteiger partial charge in [-0.25, -0.2) is 14.8 Å². The predicted molar refractivity (Wildman–Crippen MR) is 91.6 cm³/mol. The second-order valence-electron chi connectivity index (χ2n) is 5.61. The largest absolute Gasteiger partial charge is 0.357 e. The van der Waals surface area contributed by atoms with E-state index in [0.717, 1.165) is 35.2 Å². The number of thiazole rings is 1. The number of aromatic nitrogens is 2. The van der Waals surface area contributed by atoms with Crippen LogP contribution in [0.25, 0.3) is 0 Å². The molecule has 0 aromatic carbocycles. The number of hydrogen-bond acceptors (Lipinski definition) is 5. The highest BCUT2D eigenvalue weighted by atomic mass is 32.1.